The summed E-state index contributed by atoms with van der Waals surface area (Å²) in [5.74, 6) is -0.204. The van der Waals surface area contributed by atoms with Crippen molar-refractivity contribution < 1.29 is 64.6 Å². The quantitative estimate of drug-likeness (QED) is 0.0296. The summed E-state index contributed by atoms with van der Waals surface area (Å²) >= 11 is 0. The largest absolute Gasteiger partial charge is 0.394 e. The van der Waals surface area contributed by atoms with Crippen LogP contribution >= 0.6 is 0 Å². The number of rotatable bonds is 40. The van der Waals surface area contributed by atoms with Gasteiger partial charge in [0.15, 0.2) is 12.6 Å². The molecule has 0 saturated carbocycles. The second-order valence-electron chi connectivity index (χ2n) is 18.7. The monoisotopic (exact) mass is 906 g/mol. The summed E-state index contributed by atoms with van der Waals surface area (Å²) in [5.41, 5.74) is 0. The van der Waals surface area contributed by atoms with Gasteiger partial charge >= 0.3 is 0 Å². The highest BCUT2D eigenvalue weighted by Gasteiger charge is 2.51. The molecule has 9 N–H and O–H groups in total. The van der Waals surface area contributed by atoms with Crippen molar-refractivity contribution in [1.82, 2.24) is 5.32 Å². The lowest BCUT2D eigenvalue weighted by Gasteiger charge is -2.46. The predicted molar refractivity (Wildman–Crippen MR) is 245 cm³/mol. The van der Waals surface area contributed by atoms with Crippen LogP contribution in [0.15, 0.2) is 0 Å². The molecule has 12 unspecified atom stereocenters. The van der Waals surface area contributed by atoms with Gasteiger partial charge in [-0.3, -0.25) is 4.79 Å². The second kappa shape index (κ2) is 37.0. The summed E-state index contributed by atoms with van der Waals surface area (Å²) in [6.07, 6.45) is 19.6. The second-order valence-corrected chi connectivity index (χ2v) is 18.7. The summed E-state index contributed by atoms with van der Waals surface area (Å²) in [6.45, 7) is 2.85. The highest BCUT2D eigenvalue weighted by atomic mass is 16.7. The van der Waals surface area contributed by atoms with Crippen LogP contribution in [0.3, 0.4) is 0 Å². The predicted octanol–water partition coefficient (Wildman–Crippen LogP) is 6.61. The third-order valence-corrected chi connectivity index (χ3v) is 13.1. The van der Waals surface area contributed by atoms with Gasteiger partial charge in [-0.15, -0.1) is 0 Å². The zero-order valence-corrected chi connectivity index (χ0v) is 39.6. The van der Waals surface area contributed by atoms with E-state index in [1.165, 1.54) is 135 Å². The number of hydrogen-bond acceptors (Lipinski definition) is 13. The van der Waals surface area contributed by atoms with Crippen LogP contribution in [-0.4, -0.2) is 140 Å². The number of nitrogens with one attached hydrogen (secondary N) is 1. The Hall–Kier alpha value is -1.01. The van der Waals surface area contributed by atoms with Crippen LogP contribution in [0.1, 0.15) is 213 Å². The molecule has 374 valence electrons. The first kappa shape index (κ1) is 58.1. The van der Waals surface area contributed by atoms with Gasteiger partial charge in [-0.05, 0) is 12.8 Å². The topological polar surface area (TPSA) is 228 Å². The van der Waals surface area contributed by atoms with Crippen LogP contribution in [0.2, 0.25) is 0 Å². The molecule has 14 nitrogen and oxygen atoms in total. The first-order chi connectivity index (χ1) is 30.6. The Kier molecular flexibility index (Phi) is 34.2. The van der Waals surface area contributed by atoms with Gasteiger partial charge in [0.2, 0.25) is 5.91 Å². The molecule has 14 heteroatoms. The lowest BCUT2D eigenvalue weighted by Crippen LogP contribution is -2.65. The van der Waals surface area contributed by atoms with E-state index in [0.29, 0.717) is 12.8 Å². The van der Waals surface area contributed by atoms with Crippen LogP contribution < -0.4 is 5.32 Å². The van der Waals surface area contributed by atoms with Crippen molar-refractivity contribution in [1.29, 1.82) is 0 Å². The molecule has 0 aliphatic carbocycles. The van der Waals surface area contributed by atoms with Crippen molar-refractivity contribution in [3.8, 4) is 0 Å². The Morgan fingerprint density at radius 3 is 1.35 bits per heavy atom. The van der Waals surface area contributed by atoms with E-state index in [4.69, 9.17) is 18.9 Å². The molecule has 0 spiro atoms. The van der Waals surface area contributed by atoms with E-state index in [1.807, 2.05) is 0 Å². The van der Waals surface area contributed by atoms with E-state index in [9.17, 15) is 45.6 Å². The summed E-state index contributed by atoms with van der Waals surface area (Å²) in [7, 11) is 0. The van der Waals surface area contributed by atoms with Crippen molar-refractivity contribution in [3.05, 3.63) is 0 Å². The molecular weight excluding hydrogens is 811 g/mol. The van der Waals surface area contributed by atoms with E-state index in [1.54, 1.807) is 0 Å². The summed E-state index contributed by atoms with van der Waals surface area (Å²) in [4.78, 5) is 13.2. The van der Waals surface area contributed by atoms with Gasteiger partial charge in [-0.2, -0.15) is 0 Å². The minimum absolute atomic E-state index is 0.204. The maximum Gasteiger partial charge on any atom is 0.220 e. The van der Waals surface area contributed by atoms with E-state index in [-0.39, 0.29) is 12.5 Å². The zero-order valence-electron chi connectivity index (χ0n) is 39.6. The third kappa shape index (κ3) is 24.5. The fourth-order valence-electron chi connectivity index (χ4n) is 8.83. The first-order valence-corrected chi connectivity index (χ1v) is 25.8. The number of unbranched alkanes of at least 4 members (excludes halogenated alkanes) is 27. The minimum atomic E-state index is -1.78. The average Bonchev–Trinajstić information content (AvgIpc) is 3.28. The molecule has 1 amide bonds. The number of aliphatic hydroxyl groups excluding tert-OH is 8. The maximum absolute atomic E-state index is 13.2. The van der Waals surface area contributed by atoms with E-state index in [2.05, 4.69) is 19.2 Å². The maximum atomic E-state index is 13.2. The number of aliphatic hydroxyl groups is 8. The molecule has 0 bridgehead atoms. The number of ether oxygens (including phenoxy) is 4. The fraction of sp³-hybridized carbons (Fsp3) is 0.980. The molecule has 0 aromatic heterocycles. The lowest BCUT2D eigenvalue weighted by molar-refractivity contribution is -0.359. The van der Waals surface area contributed by atoms with E-state index < -0.39 is 86.8 Å². The number of carbonyl (C=O) groups is 1. The minimum Gasteiger partial charge on any atom is -0.394 e. The molecule has 12 atom stereocenters. The van der Waals surface area contributed by atoms with Gasteiger partial charge in [0.1, 0.15) is 48.8 Å². The highest BCUT2D eigenvalue weighted by Crippen LogP contribution is 2.30. The third-order valence-electron chi connectivity index (χ3n) is 13.1. The van der Waals surface area contributed by atoms with Crippen LogP contribution in [-0.2, 0) is 23.7 Å². The molecule has 0 radical (unpaired) electrons. The van der Waals surface area contributed by atoms with Crippen LogP contribution in [0.4, 0.5) is 0 Å². The van der Waals surface area contributed by atoms with Crippen molar-refractivity contribution in [2.45, 2.75) is 286 Å². The molecule has 2 fully saturated rings. The molecule has 2 aliphatic heterocycles. The molecule has 2 heterocycles. The standard InChI is InChI=1S/C49H95NO13/c1-3-5-7-9-11-13-15-16-17-18-19-20-21-23-25-27-29-31-33-41(54)50-37(38(53)32-30-28-26-24-22-14-12-10-8-6-4-2)36-60-48-46(59)44(57)47(40(35-52)62-48)63-49-45(58)43(56)42(55)39(34-51)61-49/h37-40,42-49,51-53,55-59H,3-36H2,1-2H3,(H,50,54). The summed E-state index contributed by atoms with van der Waals surface area (Å²) in [5, 5.41) is 86.8. The molecule has 0 aromatic rings. The fourth-order valence-corrected chi connectivity index (χ4v) is 8.83. The molecular formula is C49H95NO13. The van der Waals surface area contributed by atoms with Gasteiger partial charge < -0.3 is 65.1 Å². The SMILES string of the molecule is CCCCCCCCCCCCCCCCCCCCC(=O)NC(COC1OC(CO)C(OC2OC(CO)C(O)C(O)C2O)C(O)C1O)C(O)CCCCCCCCCCCCC. The van der Waals surface area contributed by atoms with Crippen molar-refractivity contribution in [2.75, 3.05) is 19.8 Å². The lowest BCUT2D eigenvalue weighted by atomic mass is 9.97. The average molecular weight is 906 g/mol. The summed E-state index contributed by atoms with van der Waals surface area (Å²) in [6, 6.07) is -0.820. The number of carbonyl (C=O) groups excluding carboxylic acids is 1. The molecule has 63 heavy (non-hydrogen) atoms. The smallest absolute Gasteiger partial charge is 0.220 e. The Balaban J connectivity index is 1.80. The first-order valence-electron chi connectivity index (χ1n) is 25.8. The van der Waals surface area contributed by atoms with Crippen molar-refractivity contribution >= 4 is 5.91 Å². The van der Waals surface area contributed by atoms with E-state index in [0.717, 1.165) is 51.4 Å². The molecule has 2 rings (SSSR count). The number of amides is 1. The Bertz CT molecular complexity index is 1070. The van der Waals surface area contributed by atoms with Gasteiger partial charge in [-0.1, -0.05) is 194 Å². The Labute approximate surface area is 381 Å². The normalized spacial score (nSPS) is 27.4. The summed E-state index contributed by atoms with van der Waals surface area (Å²) < 4.78 is 22.7. The van der Waals surface area contributed by atoms with E-state index >= 15 is 0 Å². The van der Waals surface area contributed by atoms with Gasteiger partial charge in [0.25, 0.3) is 0 Å². The Morgan fingerprint density at radius 2 is 0.905 bits per heavy atom. The molecule has 2 saturated heterocycles. The van der Waals surface area contributed by atoms with Crippen LogP contribution in [0.25, 0.3) is 0 Å². The van der Waals surface area contributed by atoms with Gasteiger partial charge in [0.05, 0.1) is 32.0 Å². The molecule has 0 aromatic carbocycles. The van der Waals surface area contributed by atoms with Crippen LogP contribution in [0.5, 0.6) is 0 Å². The van der Waals surface area contributed by atoms with Crippen LogP contribution in [0, 0.1) is 0 Å². The van der Waals surface area contributed by atoms with Crippen molar-refractivity contribution in [3.63, 3.8) is 0 Å². The van der Waals surface area contributed by atoms with Crippen molar-refractivity contribution in [2.24, 2.45) is 0 Å². The van der Waals surface area contributed by atoms with Gasteiger partial charge in [0, 0.05) is 6.42 Å². The number of hydrogen-bond donors (Lipinski definition) is 9. The van der Waals surface area contributed by atoms with Gasteiger partial charge in [-0.25, -0.2) is 0 Å². The zero-order chi connectivity index (χ0) is 46.1. The highest BCUT2D eigenvalue weighted by molar-refractivity contribution is 5.76. The molecule has 2 aliphatic rings. The Morgan fingerprint density at radius 1 is 0.508 bits per heavy atom.